The van der Waals surface area contributed by atoms with Crippen LogP contribution < -0.4 is 5.32 Å². The summed E-state index contributed by atoms with van der Waals surface area (Å²) in [6.07, 6.45) is -2.00. The summed E-state index contributed by atoms with van der Waals surface area (Å²) in [5, 5.41) is 13.6. The van der Waals surface area contributed by atoms with E-state index in [9.17, 15) is 14.7 Å². The van der Waals surface area contributed by atoms with Gasteiger partial charge in [-0.05, 0) is 53.4 Å². The number of ether oxygens (including phenoxy) is 4. The fourth-order valence-corrected chi connectivity index (χ4v) is 4.54. The zero-order valence-corrected chi connectivity index (χ0v) is 16.9. The molecule has 0 aromatic heterocycles. The number of carbonyl (C=O) groups excluding carboxylic acids is 2. The first-order valence-corrected chi connectivity index (χ1v) is 9.55. The van der Waals surface area contributed by atoms with Crippen LogP contribution in [0.1, 0.15) is 54.4 Å². The molecule has 27 heavy (non-hydrogen) atoms. The maximum absolute atomic E-state index is 12.6. The Hall–Kier alpha value is -1.38. The summed E-state index contributed by atoms with van der Waals surface area (Å²) in [5.74, 6) is -1.61. The summed E-state index contributed by atoms with van der Waals surface area (Å²) in [7, 11) is 0. The molecule has 1 saturated carbocycles. The van der Waals surface area contributed by atoms with Crippen LogP contribution in [0.5, 0.6) is 0 Å². The van der Waals surface area contributed by atoms with Gasteiger partial charge in [0.2, 0.25) is 0 Å². The average molecular weight is 385 g/mol. The number of aliphatic hydroxyl groups is 1. The van der Waals surface area contributed by atoms with Gasteiger partial charge in [-0.1, -0.05) is 6.92 Å². The van der Waals surface area contributed by atoms with E-state index in [2.05, 4.69) is 12.2 Å². The van der Waals surface area contributed by atoms with Gasteiger partial charge in [0.1, 0.15) is 17.2 Å². The van der Waals surface area contributed by atoms with Crippen molar-refractivity contribution < 1.29 is 33.6 Å². The van der Waals surface area contributed by atoms with Crippen molar-refractivity contribution in [3.63, 3.8) is 0 Å². The van der Waals surface area contributed by atoms with E-state index < -0.39 is 41.2 Å². The van der Waals surface area contributed by atoms with E-state index in [-0.39, 0.29) is 17.9 Å². The molecular weight excluding hydrogens is 354 g/mol. The quantitative estimate of drug-likeness (QED) is 0.698. The Labute approximate surface area is 159 Å². The van der Waals surface area contributed by atoms with E-state index in [1.807, 2.05) is 13.8 Å². The smallest absolute Gasteiger partial charge is 0.408 e. The maximum atomic E-state index is 12.6. The molecule has 2 heterocycles. The third-order valence-electron chi connectivity index (χ3n) is 5.55. The molecule has 2 aliphatic heterocycles. The van der Waals surface area contributed by atoms with E-state index >= 15 is 0 Å². The molecule has 6 atom stereocenters. The zero-order valence-electron chi connectivity index (χ0n) is 16.9. The molecule has 3 fully saturated rings. The molecule has 0 bridgehead atoms. The molecule has 0 spiro atoms. The van der Waals surface area contributed by atoms with E-state index in [0.717, 1.165) is 0 Å². The van der Waals surface area contributed by atoms with Crippen LogP contribution in [0.3, 0.4) is 0 Å². The monoisotopic (exact) mass is 385 g/mol. The first-order valence-electron chi connectivity index (χ1n) is 9.55. The minimum absolute atomic E-state index is 0.235. The van der Waals surface area contributed by atoms with Crippen LogP contribution in [-0.2, 0) is 23.7 Å². The number of fused-ring (bicyclic) bond motifs is 1. The molecule has 0 aromatic rings. The van der Waals surface area contributed by atoms with Gasteiger partial charge < -0.3 is 29.4 Å². The number of aliphatic hydroxyl groups excluding tert-OH is 1. The Bertz CT molecular complexity index is 614. The predicted octanol–water partition coefficient (Wildman–Crippen LogP) is 1.73. The van der Waals surface area contributed by atoms with E-state index in [0.29, 0.717) is 19.4 Å². The zero-order chi connectivity index (χ0) is 20.2. The first-order chi connectivity index (χ1) is 12.3. The lowest BCUT2D eigenvalue weighted by Gasteiger charge is -2.48. The lowest BCUT2D eigenvalue weighted by Crippen LogP contribution is -2.70. The van der Waals surface area contributed by atoms with Crippen LogP contribution in [0.4, 0.5) is 4.79 Å². The highest BCUT2D eigenvalue weighted by molar-refractivity contribution is 5.82. The highest BCUT2D eigenvalue weighted by Gasteiger charge is 2.66. The Morgan fingerprint density at radius 3 is 2.52 bits per heavy atom. The average Bonchev–Trinajstić information content (AvgIpc) is 2.96. The Balaban J connectivity index is 1.95. The van der Waals surface area contributed by atoms with E-state index in [1.165, 1.54) is 0 Å². The van der Waals surface area contributed by atoms with Crippen LogP contribution in [-0.4, -0.2) is 59.0 Å². The molecule has 8 heteroatoms. The van der Waals surface area contributed by atoms with Crippen LogP contribution in [0, 0.1) is 11.8 Å². The largest absolute Gasteiger partial charge is 0.458 e. The van der Waals surface area contributed by atoms with Crippen molar-refractivity contribution in [3.05, 3.63) is 0 Å². The Kier molecular flexibility index (Phi) is 4.98. The summed E-state index contributed by atoms with van der Waals surface area (Å²) in [6.45, 7) is 11.3. The van der Waals surface area contributed by atoms with Gasteiger partial charge in [-0.2, -0.15) is 0 Å². The van der Waals surface area contributed by atoms with Crippen molar-refractivity contribution in [2.75, 3.05) is 6.61 Å². The molecule has 3 aliphatic rings. The molecule has 154 valence electrons. The first kappa shape index (κ1) is 20.4. The maximum Gasteiger partial charge on any atom is 0.408 e. The number of carbonyl (C=O) groups is 2. The summed E-state index contributed by atoms with van der Waals surface area (Å²) in [4.78, 5) is 24.9. The Morgan fingerprint density at radius 2 is 1.96 bits per heavy atom. The molecule has 0 aromatic carbocycles. The van der Waals surface area contributed by atoms with Crippen LogP contribution >= 0.6 is 0 Å². The topological polar surface area (TPSA) is 103 Å². The normalized spacial score (nSPS) is 41.0. The molecule has 0 unspecified atom stereocenters. The fraction of sp³-hybridized carbons (Fsp3) is 0.895. The predicted molar refractivity (Wildman–Crippen MR) is 94.8 cm³/mol. The molecule has 1 amide bonds. The number of amides is 1. The van der Waals surface area contributed by atoms with Crippen molar-refractivity contribution in [2.45, 2.75) is 89.6 Å². The summed E-state index contributed by atoms with van der Waals surface area (Å²) in [6, 6.07) is 0. The second kappa shape index (κ2) is 6.60. The highest BCUT2D eigenvalue weighted by atomic mass is 16.7. The van der Waals surface area contributed by atoms with Crippen molar-refractivity contribution in [1.29, 1.82) is 0 Å². The molecule has 8 nitrogen and oxygen atoms in total. The molecule has 1 aliphatic carbocycles. The molecule has 2 saturated heterocycles. The number of esters is 1. The van der Waals surface area contributed by atoms with Gasteiger partial charge in [0.25, 0.3) is 0 Å². The van der Waals surface area contributed by atoms with Crippen molar-refractivity contribution >= 4 is 12.1 Å². The van der Waals surface area contributed by atoms with Gasteiger partial charge in [-0.25, -0.2) is 9.59 Å². The lowest BCUT2D eigenvalue weighted by atomic mass is 9.64. The minimum Gasteiger partial charge on any atom is -0.458 e. The number of hydrogen-bond donors (Lipinski definition) is 2. The van der Waals surface area contributed by atoms with Gasteiger partial charge in [0, 0.05) is 5.92 Å². The van der Waals surface area contributed by atoms with Gasteiger partial charge >= 0.3 is 12.1 Å². The van der Waals surface area contributed by atoms with Gasteiger partial charge in [-0.15, -0.1) is 0 Å². The number of rotatable bonds is 2. The third kappa shape index (κ3) is 3.79. The molecule has 0 radical (unpaired) electrons. The Morgan fingerprint density at radius 1 is 1.30 bits per heavy atom. The standard InChI is InChI=1S/C19H31NO7/c1-10-7-11(12-9-24-18(5,6)26-12)19(20-16(23)27-17(2,3)4)13(8-10)25-15(22)14(19)21/h10-14,21H,7-9H2,1-6H3,(H,20,23)/t10-,11-,12-,13-,14-,19-/m1/s1. The summed E-state index contributed by atoms with van der Waals surface area (Å²) >= 11 is 0. The van der Waals surface area contributed by atoms with Crippen LogP contribution in [0.2, 0.25) is 0 Å². The summed E-state index contributed by atoms with van der Waals surface area (Å²) < 4.78 is 22.6. The van der Waals surface area contributed by atoms with Gasteiger partial charge in [0.05, 0.1) is 12.7 Å². The van der Waals surface area contributed by atoms with Crippen molar-refractivity contribution in [1.82, 2.24) is 5.32 Å². The van der Waals surface area contributed by atoms with E-state index in [4.69, 9.17) is 18.9 Å². The number of nitrogens with one attached hydrogen (secondary N) is 1. The van der Waals surface area contributed by atoms with Gasteiger partial charge in [0.15, 0.2) is 11.9 Å². The highest BCUT2D eigenvalue weighted by Crippen LogP contribution is 2.49. The third-order valence-corrected chi connectivity index (χ3v) is 5.55. The molecule has 3 rings (SSSR count). The molecule has 2 N–H and O–H groups in total. The van der Waals surface area contributed by atoms with Crippen molar-refractivity contribution in [2.24, 2.45) is 11.8 Å². The van der Waals surface area contributed by atoms with Crippen molar-refractivity contribution in [3.8, 4) is 0 Å². The number of alkyl carbamates (subject to hydrolysis) is 1. The fourth-order valence-electron chi connectivity index (χ4n) is 4.54. The number of hydrogen-bond acceptors (Lipinski definition) is 7. The molecular formula is C19H31NO7. The van der Waals surface area contributed by atoms with Gasteiger partial charge in [-0.3, -0.25) is 0 Å². The van der Waals surface area contributed by atoms with Crippen LogP contribution in [0.15, 0.2) is 0 Å². The second-order valence-electron chi connectivity index (χ2n) is 9.44. The summed E-state index contributed by atoms with van der Waals surface area (Å²) in [5.41, 5.74) is -2.02. The van der Waals surface area contributed by atoms with E-state index in [1.54, 1.807) is 20.8 Å². The minimum atomic E-state index is -1.49. The SMILES string of the molecule is C[C@@H]1C[C@H]([C@H]2COC(C)(C)O2)[C@]2(NC(=O)OC(C)(C)C)[C@H](O)C(=O)O[C@@H]2C1. The van der Waals surface area contributed by atoms with Crippen LogP contribution in [0.25, 0.3) is 0 Å². The lowest BCUT2D eigenvalue weighted by molar-refractivity contribution is -0.159. The second-order valence-corrected chi connectivity index (χ2v) is 9.44.